The molecule has 0 aromatic carbocycles. The summed E-state index contributed by atoms with van der Waals surface area (Å²) in [6.45, 7) is 37.9. The molecule has 4 nitrogen and oxygen atoms in total. The van der Waals surface area contributed by atoms with Crippen LogP contribution in [0.5, 0.6) is 0 Å². The van der Waals surface area contributed by atoms with Crippen molar-refractivity contribution >= 4 is 0 Å². The summed E-state index contributed by atoms with van der Waals surface area (Å²) in [5, 5.41) is 0. The molecular weight excluding hydrogens is 368 g/mol. The number of nitrogens with zero attached hydrogens (tertiary/aromatic N) is 4. The van der Waals surface area contributed by atoms with Gasteiger partial charge in [0.25, 0.3) is 0 Å². The van der Waals surface area contributed by atoms with Crippen LogP contribution in [0, 0.1) is 0 Å². The number of piperazine rings is 1. The van der Waals surface area contributed by atoms with Gasteiger partial charge in [-0.2, -0.15) is 0 Å². The Morgan fingerprint density at radius 1 is 0.467 bits per heavy atom. The van der Waals surface area contributed by atoms with Crippen molar-refractivity contribution in [3.05, 3.63) is 0 Å². The van der Waals surface area contributed by atoms with Gasteiger partial charge >= 0.3 is 0 Å². The number of hydrogen-bond acceptors (Lipinski definition) is 4. The molecule has 1 heterocycles. The summed E-state index contributed by atoms with van der Waals surface area (Å²) in [6, 6.07) is 0. The molecule has 0 N–H and O–H groups in total. The Labute approximate surface area is 190 Å². The van der Waals surface area contributed by atoms with E-state index in [0.29, 0.717) is 0 Å². The Morgan fingerprint density at radius 2 is 0.700 bits per heavy atom. The van der Waals surface area contributed by atoms with Crippen LogP contribution in [-0.2, 0) is 0 Å². The summed E-state index contributed by atoms with van der Waals surface area (Å²) in [5.41, 5.74) is 0.908. The minimum atomic E-state index is 0.227. The normalized spacial score (nSPS) is 18.6. The Kier molecular flexibility index (Phi) is 9.88. The zero-order chi connectivity index (χ0) is 23.4. The molecule has 0 aliphatic carbocycles. The first-order chi connectivity index (χ1) is 13.4. The molecule has 0 saturated carbocycles. The van der Waals surface area contributed by atoms with Crippen molar-refractivity contribution in [2.24, 2.45) is 0 Å². The van der Waals surface area contributed by atoms with Crippen molar-refractivity contribution < 1.29 is 0 Å². The molecule has 0 aromatic heterocycles. The van der Waals surface area contributed by atoms with Gasteiger partial charge in [-0.3, -0.25) is 9.80 Å². The van der Waals surface area contributed by atoms with Crippen molar-refractivity contribution in [3.63, 3.8) is 0 Å². The highest BCUT2D eigenvalue weighted by atomic mass is 15.3. The SMILES string of the molecule is CC(C)(C)N(CCCN1CCN(CCCN(C(C)(C)C)C(C)(C)C)CC1)C(C)(C)C. The van der Waals surface area contributed by atoms with Crippen molar-refractivity contribution in [1.29, 1.82) is 0 Å². The average Bonchev–Trinajstić information content (AvgIpc) is 2.52. The van der Waals surface area contributed by atoms with Crippen LogP contribution < -0.4 is 0 Å². The quantitative estimate of drug-likeness (QED) is 0.532. The van der Waals surface area contributed by atoms with Crippen LogP contribution >= 0.6 is 0 Å². The first kappa shape index (κ1) is 27.9. The largest absolute Gasteiger partial charge is 0.301 e. The minimum Gasteiger partial charge on any atom is -0.301 e. The maximum atomic E-state index is 2.68. The van der Waals surface area contributed by atoms with Crippen molar-refractivity contribution in [2.45, 2.75) is 118 Å². The molecule has 0 spiro atoms. The standard InChI is InChI=1S/C26H56N4/c1-23(2,3)29(24(4,5)6)17-13-15-27-19-21-28(22-20-27)16-14-18-30(25(7,8)9)26(10,11)12/h13-22H2,1-12H3. The Bertz CT molecular complexity index is 405. The van der Waals surface area contributed by atoms with E-state index >= 15 is 0 Å². The summed E-state index contributed by atoms with van der Waals surface area (Å²) in [4.78, 5) is 10.7. The lowest BCUT2D eigenvalue weighted by Gasteiger charge is -2.46. The topological polar surface area (TPSA) is 13.0 Å². The van der Waals surface area contributed by atoms with Gasteiger partial charge in [0.15, 0.2) is 0 Å². The Morgan fingerprint density at radius 3 is 0.900 bits per heavy atom. The van der Waals surface area contributed by atoms with Crippen LogP contribution in [0.25, 0.3) is 0 Å². The Hall–Kier alpha value is -0.160. The van der Waals surface area contributed by atoms with Crippen molar-refractivity contribution in [1.82, 2.24) is 19.6 Å². The summed E-state index contributed by atoms with van der Waals surface area (Å²) in [7, 11) is 0. The summed E-state index contributed by atoms with van der Waals surface area (Å²) in [5.74, 6) is 0. The first-order valence-electron chi connectivity index (χ1n) is 12.4. The predicted molar refractivity (Wildman–Crippen MR) is 135 cm³/mol. The molecule has 1 fully saturated rings. The van der Waals surface area contributed by atoms with E-state index in [1.54, 1.807) is 0 Å². The highest BCUT2D eigenvalue weighted by Gasteiger charge is 2.32. The molecule has 0 radical (unpaired) electrons. The van der Waals surface area contributed by atoms with E-state index < -0.39 is 0 Å². The molecule has 1 saturated heterocycles. The van der Waals surface area contributed by atoms with Crippen LogP contribution in [0.3, 0.4) is 0 Å². The first-order valence-corrected chi connectivity index (χ1v) is 12.4. The zero-order valence-corrected chi connectivity index (χ0v) is 22.9. The van der Waals surface area contributed by atoms with Gasteiger partial charge in [0.2, 0.25) is 0 Å². The lowest BCUT2D eigenvalue weighted by molar-refractivity contribution is 0.0281. The van der Waals surface area contributed by atoms with Crippen molar-refractivity contribution in [3.8, 4) is 0 Å². The monoisotopic (exact) mass is 424 g/mol. The van der Waals surface area contributed by atoms with E-state index in [0.717, 1.165) is 0 Å². The van der Waals surface area contributed by atoms with Crippen LogP contribution in [0.1, 0.15) is 95.9 Å². The summed E-state index contributed by atoms with van der Waals surface area (Å²) in [6.07, 6.45) is 2.53. The van der Waals surface area contributed by atoms with E-state index in [1.807, 2.05) is 0 Å². The Balaban J connectivity index is 2.35. The maximum Gasteiger partial charge on any atom is 0.0130 e. The molecule has 1 rings (SSSR count). The molecule has 4 heteroatoms. The minimum absolute atomic E-state index is 0.227. The molecule has 0 aromatic rings. The molecule has 0 bridgehead atoms. The van der Waals surface area contributed by atoms with E-state index in [-0.39, 0.29) is 22.2 Å². The highest BCUT2D eigenvalue weighted by Crippen LogP contribution is 2.26. The van der Waals surface area contributed by atoms with Gasteiger partial charge in [-0.15, -0.1) is 0 Å². The number of hydrogen-bond donors (Lipinski definition) is 0. The number of rotatable bonds is 8. The summed E-state index contributed by atoms with van der Waals surface area (Å²) >= 11 is 0. The lowest BCUT2D eigenvalue weighted by atomic mass is 9.95. The second kappa shape index (κ2) is 10.6. The van der Waals surface area contributed by atoms with Gasteiger partial charge in [0.1, 0.15) is 0 Å². The highest BCUT2D eigenvalue weighted by molar-refractivity contribution is 4.88. The molecule has 0 amide bonds. The third-order valence-electron chi connectivity index (χ3n) is 6.42. The fraction of sp³-hybridized carbons (Fsp3) is 1.00. The third-order valence-corrected chi connectivity index (χ3v) is 6.42. The summed E-state index contributed by atoms with van der Waals surface area (Å²) < 4.78 is 0. The van der Waals surface area contributed by atoms with Crippen molar-refractivity contribution in [2.75, 3.05) is 52.4 Å². The van der Waals surface area contributed by atoms with Crippen LogP contribution in [-0.4, -0.2) is 94.1 Å². The van der Waals surface area contributed by atoms with Gasteiger partial charge in [-0.1, -0.05) is 0 Å². The van der Waals surface area contributed by atoms with E-state index in [9.17, 15) is 0 Å². The van der Waals surface area contributed by atoms with E-state index in [2.05, 4.69) is 103 Å². The lowest BCUT2D eigenvalue weighted by Crippen LogP contribution is -2.54. The average molecular weight is 425 g/mol. The molecule has 30 heavy (non-hydrogen) atoms. The van der Waals surface area contributed by atoms with Crippen LogP contribution in [0.4, 0.5) is 0 Å². The third kappa shape index (κ3) is 9.54. The second-order valence-corrected chi connectivity index (χ2v) is 13.4. The van der Waals surface area contributed by atoms with Crippen LogP contribution in [0.2, 0.25) is 0 Å². The maximum absolute atomic E-state index is 2.68. The van der Waals surface area contributed by atoms with Gasteiger partial charge in [-0.05, 0) is 109 Å². The molecular formula is C26H56N4. The molecule has 0 unspecified atom stereocenters. The van der Waals surface area contributed by atoms with Gasteiger partial charge < -0.3 is 9.80 Å². The van der Waals surface area contributed by atoms with Gasteiger partial charge in [0, 0.05) is 61.4 Å². The molecule has 0 atom stereocenters. The zero-order valence-electron chi connectivity index (χ0n) is 22.9. The second-order valence-electron chi connectivity index (χ2n) is 13.4. The fourth-order valence-corrected chi connectivity index (χ4v) is 5.50. The van der Waals surface area contributed by atoms with E-state index in [4.69, 9.17) is 0 Å². The van der Waals surface area contributed by atoms with Gasteiger partial charge in [-0.25, -0.2) is 0 Å². The predicted octanol–water partition coefficient (Wildman–Crippen LogP) is 5.18. The fourth-order valence-electron chi connectivity index (χ4n) is 5.50. The molecule has 180 valence electrons. The smallest absolute Gasteiger partial charge is 0.0130 e. The van der Waals surface area contributed by atoms with E-state index in [1.165, 1.54) is 65.2 Å². The molecule has 1 aliphatic rings. The van der Waals surface area contributed by atoms with Crippen LogP contribution in [0.15, 0.2) is 0 Å². The van der Waals surface area contributed by atoms with Gasteiger partial charge in [0.05, 0.1) is 0 Å². The molecule has 1 aliphatic heterocycles.